The molecule has 0 unspecified atom stereocenters. The van der Waals surface area contributed by atoms with Crippen LogP contribution >= 0.6 is 0 Å². The number of nitrogens with one attached hydrogen (secondary N) is 1. The van der Waals surface area contributed by atoms with Crippen LogP contribution in [0, 0.1) is 10.1 Å². The molecule has 0 radical (unpaired) electrons. The quantitative estimate of drug-likeness (QED) is 0.612. The summed E-state index contributed by atoms with van der Waals surface area (Å²) in [6, 6.07) is 5.41. The molecule has 0 aromatic heterocycles. The molecule has 0 bridgehead atoms. The molecule has 1 N–H and O–H groups in total. The van der Waals surface area contributed by atoms with E-state index in [1.54, 1.807) is 6.07 Å². The van der Waals surface area contributed by atoms with Crippen molar-refractivity contribution in [3.05, 3.63) is 28.3 Å². The van der Waals surface area contributed by atoms with E-state index in [4.69, 9.17) is 4.74 Å². The van der Waals surface area contributed by atoms with Crippen LogP contribution in [0.25, 0.3) is 0 Å². The van der Waals surface area contributed by atoms with Gasteiger partial charge in [0.1, 0.15) is 5.75 Å². The van der Waals surface area contributed by atoms with E-state index in [2.05, 4.69) is 17.1 Å². The van der Waals surface area contributed by atoms with Crippen LogP contribution in [0.5, 0.6) is 5.75 Å². The number of rotatable bonds is 7. The molecule has 0 amide bonds. The molecule has 1 saturated heterocycles. The van der Waals surface area contributed by atoms with Crippen LogP contribution in [0.2, 0.25) is 0 Å². The average molecular weight is 279 g/mol. The Hall–Kier alpha value is -1.82. The Labute approximate surface area is 118 Å². The molecule has 1 aliphatic rings. The van der Waals surface area contributed by atoms with E-state index in [0.29, 0.717) is 18.4 Å². The minimum atomic E-state index is -0.366. The van der Waals surface area contributed by atoms with Gasteiger partial charge in [0, 0.05) is 37.5 Å². The van der Waals surface area contributed by atoms with E-state index >= 15 is 0 Å². The molecule has 0 spiro atoms. The molecule has 1 aliphatic heterocycles. The SMILES string of the molecule is CCCOc1cc(N(CC)C2CNC2)cc([N+](=O)[O-])c1. The highest BCUT2D eigenvalue weighted by Crippen LogP contribution is 2.30. The van der Waals surface area contributed by atoms with E-state index in [0.717, 1.165) is 31.7 Å². The van der Waals surface area contributed by atoms with Crippen molar-refractivity contribution in [2.75, 3.05) is 31.1 Å². The maximum absolute atomic E-state index is 11.1. The van der Waals surface area contributed by atoms with Gasteiger partial charge in [-0.15, -0.1) is 0 Å². The number of benzene rings is 1. The second-order valence-corrected chi connectivity index (χ2v) is 4.89. The lowest BCUT2D eigenvalue weighted by atomic mass is 10.1. The van der Waals surface area contributed by atoms with Crippen molar-refractivity contribution < 1.29 is 9.66 Å². The van der Waals surface area contributed by atoms with Gasteiger partial charge in [0.05, 0.1) is 23.6 Å². The van der Waals surface area contributed by atoms with Gasteiger partial charge in [-0.25, -0.2) is 0 Å². The summed E-state index contributed by atoms with van der Waals surface area (Å²) >= 11 is 0. The van der Waals surface area contributed by atoms with E-state index in [1.165, 1.54) is 6.07 Å². The fourth-order valence-corrected chi connectivity index (χ4v) is 2.29. The summed E-state index contributed by atoms with van der Waals surface area (Å²) in [6.45, 7) is 7.29. The molecule has 0 atom stereocenters. The summed E-state index contributed by atoms with van der Waals surface area (Å²) in [5.74, 6) is 0.571. The first-order valence-corrected chi connectivity index (χ1v) is 7.05. The van der Waals surface area contributed by atoms with E-state index < -0.39 is 0 Å². The summed E-state index contributed by atoms with van der Waals surface area (Å²) in [5, 5.41) is 14.3. The zero-order valence-corrected chi connectivity index (χ0v) is 12.0. The largest absolute Gasteiger partial charge is 0.493 e. The second-order valence-electron chi connectivity index (χ2n) is 4.89. The molecule has 1 heterocycles. The van der Waals surface area contributed by atoms with Crippen LogP contribution in [0.15, 0.2) is 18.2 Å². The van der Waals surface area contributed by atoms with Gasteiger partial charge in [-0.3, -0.25) is 10.1 Å². The Morgan fingerprint density at radius 1 is 1.40 bits per heavy atom. The number of hydrogen-bond acceptors (Lipinski definition) is 5. The number of non-ortho nitro benzene ring substituents is 1. The fourth-order valence-electron chi connectivity index (χ4n) is 2.29. The maximum atomic E-state index is 11.1. The standard InChI is InChI=1S/C14H21N3O3/c1-3-5-20-14-7-11(6-12(8-14)17(18)19)16(4-2)13-9-15-10-13/h6-8,13,15H,3-5,9-10H2,1-2H3. The highest BCUT2D eigenvalue weighted by molar-refractivity contribution is 5.59. The Kier molecular flexibility index (Phi) is 4.79. The third-order valence-electron chi connectivity index (χ3n) is 3.43. The molecule has 2 rings (SSSR count). The zero-order chi connectivity index (χ0) is 14.5. The van der Waals surface area contributed by atoms with E-state index in [1.807, 2.05) is 13.0 Å². The molecule has 0 aliphatic carbocycles. The monoisotopic (exact) mass is 279 g/mol. The second kappa shape index (κ2) is 6.56. The molecule has 6 heteroatoms. The first-order chi connectivity index (χ1) is 9.65. The minimum absolute atomic E-state index is 0.0827. The lowest BCUT2D eigenvalue weighted by Gasteiger charge is -2.39. The Bertz CT molecular complexity index is 475. The fraction of sp³-hybridized carbons (Fsp3) is 0.571. The number of likely N-dealkylation sites (N-methyl/N-ethyl adjacent to an activating group) is 1. The molecule has 1 aromatic carbocycles. The number of hydrogen-bond donors (Lipinski definition) is 1. The first kappa shape index (κ1) is 14.6. The van der Waals surface area contributed by atoms with Gasteiger partial charge in [-0.05, 0) is 13.3 Å². The van der Waals surface area contributed by atoms with Gasteiger partial charge in [0.2, 0.25) is 0 Å². The summed E-state index contributed by atoms with van der Waals surface area (Å²) in [4.78, 5) is 12.9. The van der Waals surface area contributed by atoms with Crippen molar-refractivity contribution in [2.45, 2.75) is 26.3 Å². The first-order valence-electron chi connectivity index (χ1n) is 7.05. The van der Waals surface area contributed by atoms with Crippen molar-refractivity contribution in [3.8, 4) is 5.75 Å². The van der Waals surface area contributed by atoms with Crippen molar-refractivity contribution in [2.24, 2.45) is 0 Å². The minimum Gasteiger partial charge on any atom is -0.493 e. The van der Waals surface area contributed by atoms with Gasteiger partial charge in [0.25, 0.3) is 5.69 Å². The van der Waals surface area contributed by atoms with Crippen molar-refractivity contribution in [1.29, 1.82) is 0 Å². The summed E-state index contributed by atoms with van der Waals surface area (Å²) in [7, 11) is 0. The van der Waals surface area contributed by atoms with Crippen molar-refractivity contribution in [3.63, 3.8) is 0 Å². The summed E-state index contributed by atoms with van der Waals surface area (Å²) in [5.41, 5.74) is 0.943. The molecule has 1 aromatic rings. The number of nitrogens with zero attached hydrogens (tertiary/aromatic N) is 2. The van der Waals surface area contributed by atoms with E-state index in [9.17, 15) is 10.1 Å². The van der Waals surface area contributed by atoms with Gasteiger partial charge < -0.3 is 15.0 Å². The lowest BCUT2D eigenvalue weighted by Crippen LogP contribution is -2.57. The highest BCUT2D eigenvalue weighted by atomic mass is 16.6. The molecule has 1 fully saturated rings. The Balaban J connectivity index is 2.29. The molecular weight excluding hydrogens is 258 g/mol. The third kappa shape index (κ3) is 3.19. The zero-order valence-electron chi connectivity index (χ0n) is 12.0. The van der Waals surface area contributed by atoms with Crippen LogP contribution < -0.4 is 15.0 Å². The predicted octanol–water partition coefficient (Wildman–Crippen LogP) is 2.18. The highest BCUT2D eigenvalue weighted by Gasteiger charge is 2.25. The molecular formula is C14H21N3O3. The number of anilines is 1. The van der Waals surface area contributed by atoms with Crippen LogP contribution in [0.4, 0.5) is 11.4 Å². The summed E-state index contributed by atoms with van der Waals surface area (Å²) < 4.78 is 5.57. The molecule has 20 heavy (non-hydrogen) atoms. The van der Waals surface area contributed by atoms with Gasteiger partial charge >= 0.3 is 0 Å². The predicted molar refractivity (Wildman–Crippen MR) is 78.6 cm³/mol. The van der Waals surface area contributed by atoms with Crippen molar-refractivity contribution in [1.82, 2.24) is 5.32 Å². The van der Waals surface area contributed by atoms with Crippen LogP contribution in [-0.4, -0.2) is 37.2 Å². The molecule has 110 valence electrons. The normalized spacial score (nSPS) is 14.7. The Morgan fingerprint density at radius 2 is 2.15 bits per heavy atom. The number of nitro groups is 1. The number of ether oxygens (including phenoxy) is 1. The maximum Gasteiger partial charge on any atom is 0.275 e. The topological polar surface area (TPSA) is 67.6 Å². The van der Waals surface area contributed by atoms with Crippen LogP contribution in [0.3, 0.4) is 0 Å². The van der Waals surface area contributed by atoms with Gasteiger partial charge in [-0.1, -0.05) is 6.92 Å². The van der Waals surface area contributed by atoms with Gasteiger partial charge in [0.15, 0.2) is 0 Å². The smallest absolute Gasteiger partial charge is 0.275 e. The Morgan fingerprint density at radius 3 is 2.65 bits per heavy atom. The number of nitro benzene ring substituents is 1. The van der Waals surface area contributed by atoms with Crippen molar-refractivity contribution >= 4 is 11.4 Å². The van der Waals surface area contributed by atoms with Crippen LogP contribution in [0.1, 0.15) is 20.3 Å². The third-order valence-corrected chi connectivity index (χ3v) is 3.43. The average Bonchev–Trinajstić information content (AvgIpc) is 2.39. The summed E-state index contributed by atoms with van der Waals surface area (Å²) in [6.07, 6.45) is 0.877. The molecule has 0 saturated carbocycles. The van der Waals surface area contributed by atoms with Crippen LogP contribution in [-0.2, 0) is 0 Å². The molecule has 6 nitrogen and oxygen atoms in total. The van der Waals surface area contributed by atoms with E-state index in [-0.39, 0.29) is 10.6 Å². The lowest BCUT2D eigenvalue weighted by molar-refractivity contribution is -0.384. The van der Waals surface area contributed by atoms with Gasteiger partial charge in [-0.2, -0.15) is 0 Å².